The maximum Gasteiger partial charge on any atom is 0.413 e. The topological polar surface area (TPSA) is 125 Å². The van der Waals surface area contributed by atoms with Crippen LogP contribution in [-0.2, 0) is 19.1 Å². The van der Waals surface area contributed by atoms with Crippen molar-refractivity contribution in [2.45, 2.75) is 44.9 Å². The molecule has 0 bridgehead atoms. The molecule has 116 valence electrons. The molecular formula is C13H20N4O4. The van der Waals surface area contributed by atoms with Gasteiger partial charge in [0.1, 0.15) is 0 Å². The minimum absolute atomic E-state index is 0.327. The van der Waals surface area contributed by atoms with Gasteiger partial charge in [0, 0.05) is 0 Å². The molecule has 8 nitrogen and oxygen atoms in total. The van der Waals surface area contributed by atoms with Crippen LogP contribution in [0.15, 0.2) is 0 Å². The second kappa shape index (κ2) is 14.1. The second-order valence-corrected chi connectivity index (χ2v) is 4.30. The molecule has 0 aromatic carbocycles. The minimum atomic E-state index is -0.640. The molecule has 0 rings (SSSR count). The molecule has 0 unspecified atom stereocenters. The largest absolute Gasteiger partial charge is 0.457 e. The Morgan fingerprint density at radius 3 is 1.38 bits per heavy atom. The number of nitrogens with zero attached hydrogens (tertiary/aromatic N) is 4. The normalized spacial score (nSPS) is 9.14. The molecule has 0 radical (unpaired) electrons. The molecule has 0 aliphatic heterocycles. The van der Waals surface area contributed by atoms with Gasteiger partial charge >= 0.3 is 24.4 Å². The van der Waals surface area contributed by atoms with Gasteiger partial charge in [0.05, 0.1) is 13.2 Å². The van der Waals surface area contributed by atoms with E-state index >= 15 is 0 Å². The predicted octanol–water partition coefficient (Wildman–Crippen LogP) is 1.40. The molecule has 0 saturated heterocycles. The Hall–Kier alpha value is -2.30. The monoisotopic (exact) mass is 296 g/mol. The van der Waals surface area contributed by atoms with E-state index in [1.54, 1.807) is 0 Å². The van der Waals surface area contributed by atoms with Crippen LogP contribution >= 0.6 is 0 Å². The number of hydrogen-bond acceptors (Lipinski definition) is 4. The highest BCUT2D eigenvalue weighted by Gasteiger charge is 2.03. The molecule has 0 aliphatic rings. The van der Waals surface area contributed by atoms with Crippen LogP contribution in [0.3, 0.4) is 0 Å². The van der Waals surface area contributed by atoms with Crippen LogP contribution in [0.4, 0.5) is 0 Å². The number of hydrogen-bond donors (Lipinski definition) is 0. The number of carbonyl (C=O) groups is 2. The molecule has 21 heavy (non-hydrogen) atoms. The molecule has 0 aromatic rings. The van der Waals surface area contributed by atoms with Crippen LogP contribution in [0.1, 0.15) is 44.9 Å². The van der Waals surface area contributed by atoms with Crippen molar-refractivity contribution in [2.75, 3.05) is 13.2 Å². The van der Waals surface area contributed by atoms with Gasteiger partial charge in [0.2, 0.25) is 0 Å². The van der Waals surface area contributed by atoms with E-state index in [4.69, 9.17) is 20.5 Å². The van der Waals surface area contributed by atoms with Crippen molar-refractivity contribution in [3.05, 3.63) is 11.1 Å². The first-order valence-corrected chi connectivity index (χ1v) is 6.89. The predicted molar refractivity (Wildman–Crippen MR) is 73.6 cm³/mol. The van der Waals surface area contributed by atoms with Crippen molar-refractivity contribution in [1.29, 1.82) is 0 Å². The molecule has 8 heteroatoms. The van der Waals surface area contributed by atoms with Gasteiger partial charge in [-0.15, -0.1) is 0 Å². The zero-order valence-electron chi connectivity index (χ0n) is 11.9. The Balaban J connectivity index is 3.22. The number of rotatable bonds is 12. The lowest BCUT2D eigenvalue weighted by Gasteiger charge is -2.02. The maximum absolute atomic E-state index is 10.8. The van der Waals surface area contributed by atoms with E-state index in [9.17, 15) is 9.59 Å². The first-order valence-electron chi connectivity index (χ1n) is 6.89. The quantitative estimate of drug-likeness (QED) is 0.177. The van der Waals surface area contributed by atoms with E-state index < -0.39 is 11.9 Å². The van der Waals surface area contributed by atoms with E-state index in [2.05, 4.69) is 9.58 Å². The van der Waals surface area contributed by atoms with Crippen molar-refractivity contribution in [3.63, 3.8) is 0 Å². The van der Waals surface area contributed by atoms with E-state index in [0.29, 0.717) is 13.2 Å². The summed E-state index contributed by atoms with van der Waals surface area (Å²) in [7, 11) is 0. The Kier molecular flexibility index (Phi) is 12.6. The fourth-order valence-electron chi connectivity index (χ4n) is 1.60. The lowest BCUT2D eigenvalue weighted by Crippen LogP contribution is -2.07. The van der Waals surface area contributed by atoms with Crippen LogP contribution in [0.25, 0.3) is 11.1 Å². The van der Waals surface area contributed by atoms with Crippen molar-refractivity contribution < 1.29 is 28.6 Å². The molecule has 0 spiro atoms. The highest BCUT2D eigenvalue weighted by atomic mass is 16.5. The summed E-state index contributed by atoms with van der Waals surface area (Å²) in [4.78, 5) is 26.7. The Labute approximate surface area is 123 Å². The van der Waals surface area contributed by atoms with Crippen LogP contribution in [0.2, 0.25) is 0 Å². The summed E-state index contributed by atoms with van der Waals surface area (Å²) in [6.45, 7) is 0.653. The summed E-state index contributed by atoms with van der Waals surface area (Å²) in [5.41, 5.74) is 16.2. The molecule has 0 amide bonds. The first kappa shape index (κ1) is 18.7. The molecule has 0 aliphatic carbocycles. The zero-order chi connectivity index (χ0) is 15.8. The minimum Gasteiger partial charge on any atom is -0.457 e. The van der Waals surface area contributed by atoms with E-state index in [1.807, 2.05) is 0 Å². The number of unbranched alkanes of at least 4 members (excludes halogenated alkanes) is 6. The van der Waals surface area contributed by atoms with E-state index in [0.717, 1.165) is 57.4 Å². The van der Waals surface area contributed by atoms with Crippen molar-refractivity contribution in [3.8, 4) is 0 Å². The van der Waals surface area contributed by atoms with Crippen LogP contribution < -0.4 is 0 Å². The van der Waals surface area contributed by atoms with Gasteiger partial charge < -0.3 is 20.5 Å². The lowest BCUT2D eigenvalue weighted by molar-refractivity contribution is -0.139. The molecule has 0 atom stereocenters. The highest BCUT2D eigenvalue weighted by molar-refractivity contribution is 6.20. The van der Waals surface area contributed by atoms with Crippen molar-refractivity contribution in [2.24, 2.45) is 0 Å². The molecular weight excluding hydrogens is 276 g/mol. The molecule has 0 N–H and O–H groups in total. The fourth-order valence-corrected chi connectivity index (χ4v) is 1.60. The van der Waals surface area contributed by atoms with Crippen LogP contribution in [0.5, 0.6) is 0 Å². The molecule has 0 aromatic heterocycles. The van der Waals surface area contributed by atoms with Gasteiger partial charge in [-0.05, 0) is 12.8 Å². The van der Waals surface area contributed by atoms with E-state index in [1.165, 1.54) is 0 Å². The summed E-state index contributed by atoms with van der Waals surface area (Å²) >= 11 is 0. The summed E-state index contributed by atoms with van der Waals surface area (Å²) in [5.74, 6) is -1.28. The zero-order valence-corrected chi connectivity index (χ0v) is 11.9. The SMILES string of the molecule is [N-]=[N+]=CC(=O)OCCCCCCCCCOC(=O)C=[N+]=[N-]. The Morgan fingerprint density at radius 2 is 1.05 bits per heavy atom. The molecule has 0 heterocycles. The van der Waals surface area contributed by atoms with Crippen molar-refractivity contribution >= 4 is 24.4 Å². The number of carbonyl (C=O) groups excluding carboxylic acids is 2. The fraction of sp³-hybridized carbons (Fsp3) is 0.692. The molecule has 0 fully saturated rings. The van der Waals surface area contributed by atoms with Gasteiger partial charge in [-0.25, -0.2) is 9.59 Å². The van der Waals surface area contributed by atoms with Gasteiger partial charge in [-0.1, -0.05) is 32.1 Å². The first-order chi connectivity index (χ1) is 10.2. The lowest BCUT2D eigenvalue weighted by atomic mass is 10.1. The average Bonchev–Trinajstić information content (AvgIpc) is 2.45. The smallest absolute Gasteiger partial charge is 0.413 e. The highest BCUT2D eigenvalue weighted by Crippen LogP contribution is 2.07. The van der Waals surface area contributed by atoms with Gasteiger partial charge in [0.15, 0.2) is 0 Å². The van der Waals surface area contributed by atoms with Gasteiger partial charge in [-0.3, -0.25) is 0 Å². The molecule has 0 saturated carbocycles. The van der Waals surface area contributed by atoms with Crippen LogP contribution in [0, 0.1) is 0 Å². The van der Waals surface area contributed by atoms with Crippen molar-refractivity contribution in [1.82, 2.24) is 0 Å². The Morgan fingerprint density at radius 1 is 0.714 bits per heavy atom. The van der Waals surface area contributed by atoms with Crippen LogP contribution in [-0.4, -0.2) is 47.2 Å². The summed E-state index contributed by atoms with van der Waals surface area (Å²) < 4.78 is 9.52. The maximum atomic E-state index is 10.8. The number of ether oxygens (including phenoxy) is 2. The third-order valence-corrected chi connectivity index (χ3v) is 2.60. The summed E-state index contributed by atoms with van der Waals surface area (Å²) in [6.07, 6.45) is 8.09. The number of esters is 2. The van der Waals surface area contributed by atoms with E-state index in [-0.39, 0.29) is 0 Å². The average molecular weight is 296 g/mol. The third kappa shape index (κ3) is 13.9. The third-order valence-electron chi connectivity index (χ3n) is 2.60. The summed E-state index contributed by atoms with van der Waals surface area (Å²) in [6, 6.07) is 0. The second-order valence-electron chi connectivity index (χ2n) is 4.30. The standard InChI is InChI=1S/C13H20N4O4/c14-16-10-12(18)20-8-6-4-2-1-3-5-7-9-21-13(19)11-17-15/h10-11H,1-9H2. The summed E-state index contributed by atoms with van der Waals surface area (Å²) in [5, 5.41) is 0. The van der Waals surface area contributed by atoms with Gasteiger partial charge in [0.25, 0.3) is 0 Å². The Bertz CT molecular complexity index is 374. The van der Waals surface area contributed by atoms with Gasteiger partial charge in [-0.2, -0.15) is 9.58 Å².